The van der Waals surface area contributed by atoms with Crippen LogP contribution in [0.2, 0.25) is 0 Å². The Balaban J connectivity index is 2.13. The lowest BCUT2D eigenvalue weighted by Gasteiger charge is -2.18. The second-order valence-electron chi connectivity index (χ2n) is 5.14. The number of carbonyl (C=O) groups excluding carboxylic acids is 1. The number of hydrogen-bond donors (Lipinski definition) is 0. The SMILES string of the molecule is CCCCn1c(SCC(=O)N(CC)CC)nnc1-c1ccco1. The molecule has 6 nitrogen and oxygen atoms in total. The average molecular weight is 336 g/mol. The molecule has 0 unspecified atom stereocenters. The molecule has 0 saturated carbocycles. The van der Waals surface area contributed by atoms with Crippen LogP contribution in [0.3, 0.4) is 0 Å². The van der Waals surface area contributed by atoms with Gasteiger partial charge in [0.1, 0.15) is 0 Å². The van der Waals surface area contributed by atoms with E-state index >= 15 is 0 Å². The number of carbonyl (C=O) groups is 1. The number of aromatic nitrogens is 3. The highest BCUT2D eigenvalue weighted by Gasteiger charge is 2.18. The molecule has 7 heteroatoms. The Labute approximate surface area is 141 Å². The molecule has 0 spiro atoms. The van der Waals surface area contributed by atoms with E-state index in [1.807, 2.05) is 35.4 Å². The summed E-state index contributed by atoms with van der Waals surface area (Å²) in [6.45, 7) is 8.41. The quantitative estimate of drug-likeness (QED) is 0.657. The van der Waals surface area contributed by atoms with Crippen molar-refractivity contribution in [2.75, 3.05) is 18.8 Å². The van der Waals surface area contributed by atoms with Gasteiger partial charge in [0.2, 0.25) is 5.91 Å². The minimum Gasteiger partial charge on any atom is -0.461 e. The van der Waals surface area contributed by atoms with Crippen LogP contribution in [-0.4, -0.2) is 44.4 Å². The maximum Gasteiger partial charge on any atom is 0.233 e. The summed E-state index contributed by atoms with van der Waals surface area (Å²) in [7, 11) is 0. The van der Waals surface area contributed by atoms with Crippen LogP contribution >= 0.6 is 11.8 Å². The average Bonchev–Trinajstić information content (AvgIpc) is 3.21. The van der Waals surface area contributed by atoms with Crippen molar-refractivity contribution in [2.45, 2.75) is 45.3 Å². The van der Waals surface area contributed by atoms with Gasteiger partial charge in [0.25, 0.3) is 0 Å². The fourth-order valence-electron chi connectivity index (χ4n) is 2.30. The third-order valence-corrected chi connectivity index (χ3v) is 4.59. The van der Waals surface area contributed by atoms with E-state index in [4.69, 9.17) is 4.42 Å². The zero-order valence-corrected chi connectivity index (χ0v) is 14.8. The van der Waals surface area contributed by atoms with E-state index in [1.54, 1.807) is 6.26 Å². The molecule has 0 N–H and O–H groups in total. The fourth-order valence-corrected chi connectivity index (χ4v) is 3.16. The van der Waals surface area contributed by atoms with Crippen LogP contribution < -0.4 is 0 Å². The number of hydrogen-bond acceptors (Lipinski definition) is 5. The van der Waals surface area contributed by atoms with E-state index in [1.165, 1.54) is 11.8 Å². The lowest BCUT2D eigenvalue weighted by Crippen LogP contribution is -2.31. The predicted molar refractivity (Wildman–Crippen MR) is 91.3 cm³/mol. The Hall–Kier alpha value is -1.76. The third kappa shape index (κ3) is 4.37. The summed E-state index contributed by atoms with van der Waals surface area (Å²) in [5.41, 5.74) is 0. The molecule has 2 rings (SSSR count). The van der Waals surface area contributed by atoms with Gasteiger partial charge in [0, 0.05) is 19.6 Å². The van der Waals surface area contributed by atoms with E-state index in [9.17, 15) is 4.79 Å². The second-order valence-corrected chi connectivity index (χ2v) is 6.09. The van der Waals surface area contributed by atoms with Gasteiger partial charge in [-0.15, -0.1) is 10.2 Å². The summed E-state index contributed by atoms with van der Waals surface area (Å²) < 4.78 is 7.49. The first-order chi connectivity index (χ1) is 11.2. The number of thioether (sulfide) groups is 1. The van der Waals surface area contributed by atoms with E-state index in [0.717, 1.165) is 43.5 Å². The number of furan rings is 1. The molecular formula is C16H24N4O2S. The molecule has 0 bridgehead atoms. The highest BCUT2D eigenvalue weighted by molar-refractivity contribution is 7.99. The monoisotopic (exact) mass is 336 g/mol. The van der Waals surface area contributed by atoms with Crippen LogP contribution in [-0.2, 0) is 11.3 Å². The van der Waals surface area contributed by atoms with Crippen molar-refractivity contribution in [3.05, 3.63) is 18.4 Å². The summed E-state index contributed by atoms with van der Waals surface area (Å²) in [4.78, 5) is 14.0. The number of rotatable bonds is 9. The molecule has 0 fully saturated rings. The zero-order valence-electron chi connectivity index (χ0n) is 14.0. The van der Waals surface area contributed by atoms with Gasteiger partial charge in [-0.3, -0.25) is 9.36 Å². The van der Waals surface area contributed by atoms with Crippen LogP contribution in [0.5, 0.6) is 0 Å². The lowest BCUT2D eigenvalue weighted by molar-refractivity contribution is -0.127. The molecule has 0 aliphatic rings. The second kappa shape index (κ2) is 8.76. The van der Waals surface area contributed by atoms with Crippen LogP contribution in [0.15, 0.2) is 28.0 Å². The van der Waals surface area contributed by atoms with Crippen molar-refractivity contribution >= 4 is 17.7 Å². The summed E-state index contributed by atoms with van der Waals surface area (Å²) >= 11 is 1.44. The molecule has 2 aromatic rings. The smallest absolute Gasteiger partial charge is 0.233 e. The van der Waals surface area contributed by atoms with E-state index in [0.29, 0.717) is 11.5 Å². The molecule has 0 saturated heterocycles. The first-order valence-corrected chi connectivity index (χ1v) is 9.07. The molecule has 2 aromatic heterocycles. The molecule has 2 heterocycles. The normalized spacial score (nSPS) is 10.9. The first-order valence-electron chi connectivity index (χ1n) is 8.08. The van der Waals surface area contributed by atoms with Gasteiger partial charge in [0.15, 0.2) is 16.7 Å². The molecule has 0 aliphatic carbocycles. The highest BCUT2D eigenvalue weighted by atomic mass is 32.2. The number of amides is 1. The Morgan fingerprint density at radius 3 is 2.70 bits per heavy atom. The van der Waals surface area contributed by atoms with Gasteiger partial charge < -0.3 is 9.32 Å². The fraction of sp³-hybridized carbons (Fsp3) is 0.562. The van der Waals surface area contributed by atoms with Gasteiger partial charge in [-0.05, 0) is 32.4 Å². The van der Waals surface area contributed by atoms with Crippen LogP contribution in [0, 0.1) is 0 Å². The standard InChI is InChI=1S/C16H24N4O2S/c1-4-7-10-20-15(13-9-8-11-22-13)17-18-16(20)23-12-14(21)19(5-2)6-3/h8-9,11H,4-7,10,12H2,1-3H3. The first kappa shape index (κ1) is 17.6. The molecular weight excluding hydrogens is 312 g/mol. The Kier molecular flexibility index (Phi) is 6.70. The summed E-state index contributed by atoms with van der Waals surface area (Å²) in [5, 5.41) is 9.27. The van der Waals surface area contributed by atoms with Crippen molar-refractivity contribution in [3.63, 3.8) is 0 Å². The Morgan fingerprint density at radius 2 is 2.09 bits per heavy atom. The van der Waals surface area contributed by atoms with Gasteiger partial charge in [0.05, 0.1) is 12.0 Å². The maximum absolute atomic E-state index is 12.2. The van der Waals surface area contributed by atoms with Crippen LogP contribution in [0.1, 0.15) is 33.6 Å². The van der Waals surface area contributed by atoms with Gasteiger partial charge in [-0.2, -0.15) is 0 Å². The Morgan fingerprint density at radius 1 is 1.30 bits per heavy atom. The maximum atomic E-state index is 12.2. The van der Waals surface area contributed by atoms with E-state index < -0.39 is 0 Å². The number of nitrogens with zero attached hydrogens (tertiary/aromatic N) is 4. The molecule has 0 radical (unpaired) electrons. The zero-order chi connectivity index (χ0) is 16.7. The summed E-state index contributed by atoms with van der Waals surface area (Å²) in [6.07, 6.45) is 3.74. The topological polar surface area (TPSA) is 64.2 Å². The molecule has 126 valence electrons. The molecule has 0 aromatic carbocycles. The summed E-state index contributed by atoms with van der Waals surface area (Å²) in [6, 6.07) is 3.72. The molecule has 1 amide bonds. The third-order valence-electron chi connectivity index (χ3n) is 3.63. The van der Waals surface area contributed by atoms with Gasteiger partial charge >= 0.3 is 0 Å². The number of unbranched alkanes of at least 4 members (excludes halogenated alkanes) is 1. The lowest BCUT2D eigenvalue weighted by atomic mass is 10.3. The minimum absolute atomic E-state index is 0.129. The highest BCUT2D eigenvalue weighted by Crippen LogP contribution is 2.25. The molecule has 0 aliphatic heterocycles. The Bertz CT molecular complexity index is 606. The minimum atomic E-state index is 0.129. The van der Waals surface area contributed by atoms with Crippen molar-refractivity contribution in [1.82, 2.24) is 19.7 Å². The van der Waals surface area contributed by atoms with E-state index in [2.05, 4.69) is 17.1 Å². The van der Waals surface area contributed by atoms with Crippen LogP contribution in [0.4, 0.5) is 0 Å². The summed E-state index contributed by atoms with van der Waals surface area (Å²) in [5.74, 6) is 1.94. The predicted octanol–water partition coefficient (Wildman–Crippen LogP) is 3.30. The van der Waals surface area contributed by atoms with Crippen molar-refractivity contribution < 1.29 is 9.21 Å². The molecule has 23 heavy (non-hydrogen) atoms. The van der Waals surface area contributed by atoms with Crippen molar-refractivity contribution in [2.24, 2.45) is 0 Å². The van der Waals surface area contributed by atoms with Gasteiger partial charge in [-0.25, -0.2) is 0 Å². The largest absolute Gasteiger partial charge is 0.461 e. The molecule has 0 atom stereocenters. The van der Waals surface area contributed by atoms with Gasteiger partial charge in [-0.1, -0.05) is 25.1 Å². The van der Waals surface area contributed by atoms with Crippen molar-refractivity contribution in [1.29, 1.82) is 0 Å². The van der Waals surface area contributed by atoms with Crippen molar-refractivity contribution in [3.8, 4) is 11.6 Å². The van der Waals surface area contributed by atoms with E-state index in [-0.39, 0.29) is 5.91 Å². The van der Waals surface area contributed by atoms with Crippen LogP contribution in [0.25, 0.3) is 11.6 Å².